The number of amides is 1. The Hall–Kier alpha value is -3.02. The number of nitrogens with zero attached hydrogens (tertiary/aromatic N) is 2. The summed E-state index contributed by atoms with van der Waals surface area (Å²) >= 11 is 0. The van der Waals surface area contributed by atoms with Gasteiger partial charge >= 0.3 is 0 Å². The Morgan fingerprint density at radius 1 is 1.17 bits per heavy atom. The topological polar surface area (TPSA) is 64.9 Å². The highest BCUT2D eigenvalue weighted by Crippen LogP contribution is 2.30. The summed E-state index contributed by atoms with van der Waals surface area (Å²) in [5, 5.41) is 2.90. The van der Waals surface area contributed by atoms with Gasteiger partial charge in [-0.3, -0.25) is 4.79 Å². The smallest absolute Gasteiger partial charge is 0.224 e. The molecule has 3 heterocycles. The van der Waals surface area contributed by atoms with Gasteiger partial charge in [-0.1, -0.05) is 12.1 Å². The molecule has 0 fully saturated rings. The molecule has 2 aromatic heterocycles. The Labute approximate surface area is 139 Å². The summed E-state index contributed by atoms with van der Waals surface area (Å²) in [6, 6.07) is 11.4. The van der Waals surface area contributed by atoms with Crippen molar-refractivity contribution in [1.29, 1.82) is 0 Å². The van der Waals surface area contributed by atoms with Gasteiger partial charge in [0, 0.05) is 12.4 Å². The van der Waals surface area contributed by atoms with Crippen molar-refractivity contribution in [2.45, 2.75) is 13.0 Å². The fourth-order valence-corrected chi connectivity index (χ4v) is 2.71. The normalized spacial score (nSPS) is 13.0. The number of nitrogens with one attached hydrogen (secondary N) is 1. The molecule has 0 spiro atoms. The number of ether oxygens (including phenoxy) is 2. The zero-order valence-electron chi connectivity index (χ0n) is 13.1. The molecule has 0 radical (unpaired) electrons. The number of imidazole rings is 1. The first-order valence-corrected chi connectivity index (χ1v) is 7.86. The number of aromatic nitrogens is 2. The van der Waals surface area contributed by atoms with Gasteiger partial charge in [0.2, 0.25) is 5.91 Å². The van der Waals surface area contributed by atoms with E-state index in [1.54, 1.807) is 0 Å². The summed E-state index contributed by atoms with van der Waals surface area (Å²) in [7, 11) is 0. The number of fused-ring (bicyclic) bond motifs is 2. The highest BCUT2D eigenvalue weighted by molar-refractivity contribution is 5.78. The van der Waals surface area contributed by atoms with Crippen molar-refractivity contribution in [3.8, 4) is 11.5 Å². The maximum absolute atomic E-state index is 12.2. The van der Waals surface area contributed by atoms with Crippen molar-refractivity contribution in [3.05, 3.63) is 60.0 Å². The van der Waals surface area contributed by atoms with E-state index in [-0.39, 0.29) is 5.91 Å². The number of rotatable bonds is 4. The molecule has 1 aromatic carbocycles. The first-order valence-electron chi connectivity index (χ1n) is 7.86. The van der Waals surface area contributed by atoms with Gasteiger partial charge in [-0.05, 0) is 29.8 Å². The van der Waals surface area contributed by atoms with Crippen LogP contribution in [0.5, 0.6) is 11.5 Å². The monoisotopic (exact) mass is 323 g/mol. The first-order chi connectivity index (χ1) is 11.8. The average Bonchev–Trinajstić information content (AvgIpc) is 3.03. The maximum Gasteiger partial charge on any atom is 0.224 e. The highest BCUT2D eigenvalue weighted by atomic mass is 16.6. The van der Waals surface area contributed by atoms with Crippen LogP contribution in [0.3, 0.4) is 0 Å². The standard InChI is InChI=1S/C18H17N3O3/c22-18(10-13-4-5-15-16(9-13)24-8-7-23-15)19-11-14-12-21-6-2-1-3-17(21)20-14/h1-6,9,12H,7-8,10-11H2,(H,19,22). The zero-order chi connectivity index (χ0) is 16.4. The fourth-order valence-electron chi connectivity index (χ4n) is 2.71. The van der Waals surface area contributed by atoms with Crippen LogP contribution in [0.15, 0.2) is 48.8 Å². The van der Waals surface area contributed by atoms with E-state index in [1.807, 2.05) is 53.2 Å². The van der Waals surface area contributed by atoms with Crippen molar-refractivity contribution < 1.29 is 14.3 Å². The van der Waals surface area contributed by atoms with Crippen LogP contribution in [0.4, 0.5) is 0 Å². The lowest BCUT2D eigenvalue weighted by atomic mass is 10.1. The van der Waals surface area contributed by atoms with Crippen molar-refractivity contribution in [1.82, 2.24) is 14.7 Å². The third kappa shape index (κ3) is 3.03. The van der Waals surface area contributed by atoms with E-state index < -0.39 is 0 Å². The Kier molecular flexibility index (Phi) is 3.78. The van der Waals surface area contributed by atoms with Crippen LogP contribution in [0.25, 0.3) is 5.65 Å². The zero-order valence-corrected chi connectivity index (χ0v) is 13.1. The molecule has 0 bridgehead atoms. The molecule has 1 amide bonds. The van der Waals surface area contributed by atoms with E-state index >= 15 is 0 Å². The quantitative estimate of drug-likeness (QED) is 0.797. The summed E-state index contributed by atoms with van der Waals surface area (Å²) in [5.41, 5.74) is 2.59. The second-order valence-corrected chi connectivity index (χ2v) is 5.63. The summed E-state index contributed by atoms with van der Waals surface area (Å²) in [6.07, 6.45) is 4.15. The van der Waals surface area contributed by atoms with Crippen molar-refractivity contribution in [2.24, 2.45) is 0 Å². The van der Waals surface area contributed by atoms with Crippen LogP contribution in [0, 0.1) is 0 Å². The van der Waals surface area contributed by atoms with Crippen LogP contribution < -0.4 is 14.8 Å². The van der Waals surface area contributed by atoms with Crippen LogP contribution in [0.2, 0.25) is 0 Å². The minimum Gasteiger partial charge on any atom is -0.486 e. The molecule has 0 saturated carbocycles. The average molecular weight is 323 g/mol. The predicted molar refractivity (Wildman–Crippen MR) is 88.2 cm³/mol. The van der Waals surface area contributed by atoms with Crippen molar-refractivity contribution in [2.75, 3.05) is 13.2 Å². The fraction of sp³-hybridized carbons (Fsp3) is 0.222. The van der Waals surface area contributed by atoms with E-state index in [0.29, 0.717) is 31.9 Å². The molecule has 3 aromatic rings. The Bertz CT molecular complexity index is 855. The Morgan fingerprint density at radius 3 is 2.92 bits per heavy atom. The molecule has 24 heavy (non-hydrogen) atoms. The minimum absolute atomic E-state index is 0.0521. The molecule has 0 aliphatic carbocycles. The molecule has 1 aliphatic rings. The molecule has 1 N–H and O–H groups in total. The van der Waals surface area contributed by atoms with Gasteiger partial charge in [0.1, 0.15) is 18.9 Å². The van der Waals surface area contributed by atoms with Crippen LogP contribution in [0.1, 0.15) is 11.3 Å². The lowest BCUT2D eigenvalue weighted by molar-refractivity contribution is -0.120. The van der Waals surface area contributed by atoms with Gasteiger partial charge in [-0.15, -0.1) is 0 Å². The molecule has 6 heteroatoms. The lowest BCUT2D eigenvalue weighted by Crippen LogP contribution is -2.24. The summed E-state index contributed by atoms with van der Waals surface area (Å²) in [4.78, 5) is 16.6. The van der Waals surface area contributed by atoms with Gasteiger partial charge in [0.15, 0.2) is 11.5 Å². The SMILES string of the molecule is O=C(Cc1ccc2c(c1)OCCO2)NCc1cn2ccccc2n1. The molecule has 4 rings (SSSR count). The molecule has 0 saturated heterocycles. The minimum atomic E-state index is -0.0521. The van der Waals surface area contributed by atoms with Crippen molar-refractivity contribution >= 4 is 11.6 Å². The molecule has 122 valence electrons. The first kappa shape index (κ1) is 14.6. The molecule has 1 aliphatic heterocycles. The van der Waals surface area contributed by atoms with Gasteiger partial charge in [0.25, 0.3) is 0 Å². The number of hydrogen-bond donors (Lipinski definition) is 1. The van der Waals surface area contributed by atoms with Crippen molar-refractivity contribution in [3.63, 3.8) is 0 Å². The van der Waals surface area contributed by atoms with E-state index in [2.05, 4.69) is 10.3 Å². The number of hydrogen-bond acceptors (Lipinski definition) is 4. The maximum atomic E-state index is 12.2. The van der Waals surface area contributed by atoms with Crippen LogP contribution in [-0.4, -0.2) is 28.5 Å². The molecular weight excluding hydrogens is 306 g/mol. The van der Waals surface area contributed by atoms with Crippen LogP contribution in [-0.2, 0) is 17.8 Å². The highest BCUT2D eigenvalue weighted by Gasteiger charge is 2.13. The Morgan fingerprint density at radius 2 is 2.04 bits per heavy atom. The number of carbonyl (C=O) groups excluding carboxylic acids is 1. The van der Waals surface area contributed by atoms with Gasteiger partial charge in [-0.2, -0.15) is 0 Å². The van der Waals surface area contributed by atoms with E-state index in [0.717, 1.165) is 22.7 Å². The van der Waals surface area contributed by atoms with Gasteiger partial charge in [-0.25, -0.2) is 4.98 Å². The summed E-state index contributed by atoms with van der Waals surface area (Å²) < 4.78 is 13.0. The Balaban J connectivity index is 1.38. The molecule has 0 unspecified atom stereocenters. The summed E-state index contributed by atoms with van der Waals surface area (Å²) in [6.45, 7) is 1.51. The largest absolute Gasteiger partial charge is 0.486 e. The third-order valence-corrected chi connectivity index (χ3v) is 3.85. The molecule has 0 atom stereocenters. The van der Waals surface area contributed by atoms with Gasteiger partial charge < -0.3 is 19.2 Å². The summed E-state index contributed by atoms with van der Waals surface area (Å²) in [5.74, 6) is 1.38. The number of carbonyl (C=O) groups is 1. The molecular formula is C18H17N3O3. The number of pyridine rings is 1. The van der Waals surface area contributed by atoms with Gasteiger partial charge in [0.05, 0.1) is 18.7 Å². The third-order valence-electron chi connectivity index (χ3n) is 3.85. The predicted octanol–water partition coefficient (Wildman–Crippen LogP) is 1.96. The molecule has 6 nitrogen and oxygen atoms in total. The second-order valence-electron chi connectivity index (χ2n) is 5.63. The number of benzene rings is 1. The lowest BCUT2D eigenvalue weighted by Gasteiger charge is -2.18. The second kappa shape index (κ2) is 6.23. The van der Waals surface area contributed by atoms with E-state index in [9.17, 15) is 4.79 Å². The van der Waals surface area contributed by atoms with E-state index in [1.165, 1.54) is 0 Å². The van der Waals surface area contributed by atoms with E-state index in [4.69, 9.17) is 9.47 Å². The van der Waals surface area contributed by atoms with Crippen LogP contribution >= 0.6 is 0 Å².